The van der Waals surface area contributed by atoms with Crippen LogP contribution in [0.15, 0.2) is 60.8 Å². The summed E-state index contributed by atoms with van der Waals surface area (Å²) in [4.78, 5) is 25.6. The Kier molecular flexibility index (Phi) is 57.5. The van der Waals surface area contributed by atoms with E-state index in [1.165, 1.54) is 244 Å². The van der Waals surface area contributed by atoms with Crippen molar-refractivity contribution in [3.8, 4) is 0 Å². The Morgan fingerprint density at radius 1 is 0.455 bits per heavy atom. The molecule has 452 valence electrons. The maximum atomic E-state index is 13.0. The van der Waals surface area contributed by atoms with Crippen molar-refractivity contribution < 1.29 is 32.9 Å². The molecule has 0 radical (unpaired) electrons. The largest absolute Gasteiger partial charge is 0.756 e. The van der Waals surface area contributed by atoms with Crippen LogP contribution in [0.25, 0.3) is 0 Å². The quantitative estimate of drug-likeness (QED) is 0.0272. The lowest BCUT2D eigenvalue weighted by Gasteiger charge is -2.29. The molecule has 9 heteroatoms. The minimum absolute atomic E-state index is 0.0107. The summed E-state index contributed by atoms with van der Waals surface area (Å²) in [5.41, 5.74) is 0. The Labute approximate surface area is 479 Å². The molecule has 0 aromatic rings. The molecule has 0 aromatic carbocycles. The highest BCUT2D eigenvalue weighted by Crippen LogP contribution is 2.38. The van der Waals surface area contributed by atoms with E-state index in [1.807, 2.05) is 27.2 Å². The fourth-order valence-corrected chi connectivity index (χ4v) is 10.5. The molecule has 1 amide bonds. The number of rotatable bonds is 61. The number of hydrogen-bond acceptors (Lipinski definition) is 6. The zero-order chi connectivity index (χ0) is 56.3. The number of nitrogens with one attached hydrogen (secondary N) is 1. The van der Waals surface area contributed by atoms with Crippen LogP contribution < -0.4 is 10.2 Å². The van der Waals surface area contributed by atoms with Gasteiger partial charge in [0.25, 0.3) is 7.82 Å². The predicted molar refractivity (Wildman–Crippen MR) is 334 cm³/mol. The highest BCUT2D eigenvalue weighted by atomic mass is 31.2. The number of carbonyl (C=O) groups is 1. The number of quaternary nitrogens is 1. The van der Waals surface area contributed by atoms with Crippen LogP contribution in [-0.2, 0) is 18.4 Å². The monoisotopic (exact) mass is 1100 g/mol. The third-order valence-electron chi connectivity index (χ3n) is 14.9. The first-order valence-corrected chi connectivity index (χ1v) is 34.6. The summed E-state index contributed by atoms with van der Waals surface area (Å²) in [6.07, 6.45) is 80.5. The summed E-state index contributed by atoms with van der Waals surface area (Å²) in [5.74, 6) is -0.211. The maximum absolute atomic E-state index is 13.0. The van der Waals surface area contributed by atoms with Gasteiger partial charge in [0.05, 0.1) is 39.9 Å². The number of carbonyl (C=O) groups excluding carboxylic acids is 1. The first kappa shape index (κ1) is 75.2. The molecule has 0 saturated carbocycles. The summed E-state index contributed by atoms with van der Waals surface area (Å²) in [7, 11) is 1.24. The van der Waals surface area contributed by atoms with Crippen LogP contribution in [0.2, 0.25) is 0 Å². The second-order valence-electron chi connectivity index (χ2n) is 23.8. The number of amides is 1. The van der Waals surface area contributed by atoms with Gasteiger partial charge in [-0.25, -0.2) is 0 Å². The first-order chi connectivity index (χ1) is 37.5. The molecule has 0 aliphatic carbocycles. The van der Waals surface area contributed by atoms with Crippen LogP contribution in [0.5, 0.6) is 0 Å². The average molecular weight is 1100 g/mol. The number of aliphatic hydroxyl groups excluding tert-OH is 1. The third-order valence-corrected chi connectivity index (χ3v) is 15.9. The van der Waals surface area contributed by atoms with Crippen molar-refractivity contribution in [2.24, 2.45) is 0 Å². The molecule has 3 unspecified atom stereocenters. The van der Waals surface area contributed by atoms with Crippen molar-refractivity contribution in [1.82, 2.24) is 5.32 Å². The lowest BCUT2D eigenvalue weighted by Crippen LogP contribution is -2.45. The minimum atomic E-state index is -4.62. The van der Waals surface area contributed by atoms with Gasteiger partial charge in [0, 0.05) is 6.42 Å². The van der Waals surface area contributed by atoms with Crippen molar-refractivity contribution in [3.63, 3.8) is 0 Å². The molecule has 0 saturated heterocycles. The molecule has 0 aliphatic rings. The molecule has 77 heavy (non-hydrogen) atoms. The molecule has 0 heterocycles. The highest BCUT2D eigenvalue weighted by Gasteiger charge is 2.23. The normalized spacial score (nSPS) is 14.1. The van der Waals surface area contributed by atoms with E-state index in [9.17, 15) is 19.4 Å². The molecule has 0 bridgehead atoms. The topological polar surface area (TPSA) is 108 Å². The lowest BCUT2D eigenvalue weighted by molar-refractivity contribution is -0.870. The number of unbranched alkanes of at least 4 members (excludes halogenated alkanes) is 40. The second kappa shape index (κ2) is 58.8. The summed E-state index contributed by atoms with van der Waals surface area (Å²) in [6, 6.07) is -0.915. The molecule has 0 spiro atoms. The molecule has 0 rings (SSSR count). The van der Waals surface area contributed by atoms with Crippen LogP contribution in [0.1, 0.15) is 316 Å². The molecule has 0 aliphatic heterocycles. The van der Waals surface area contributed by atoms with Gasteiger partial charge in [-0.1, -0.05) is 293 Å². The van der Waals surface area contributed by atoms with Crippen molar-refractivity contribution in [2.45, 2.75) is 328 Å². The molecule has 0 fully saturated rings. The average Bonchev–Trinajstić information content (AvgIpc) is 3.39. The SMILES string of the molecule is CCCCCCC/C=C\C/C=C\CCCCCCCCCCCCCC(=O)NC(COP(=O)([O-])OCC[N+](C)(C)C)C(O)/C=C/CC/C=C/CC/C=C/CCCCCCCCCCCCCCCCCCCCCCCC. The molecule has 0 aromatic heterocycles. The summed E-state index contributed by atoms with van der Waals surface area (Å²) < 4.78 is 23.4. The number of phosphoric acid groups is 1. The van der Waals surface area contributed by atoms with E-state index in [4.69, 9.17) is 9.05 Å². The fraction of sp³-hybridized carbons (Fsp3) is 0.838. The number of aliphatic hydroxyl groups is 1. The Hall–Kier alpha value is -1.80. The van der Waals surface area contributed by atoms with Crippen molar-refractivity contribution in [3.05, 3.63) is 60.8 Å². The van der Waals surface area contributed by atoms with Gasteiger partial charge in [-0.05, 0) is 77.0 Å². The van der Waals surface area contributed by atoms with Gasteiger partial charge in [0.2, 0.25) is 5.91 Å². The van der Waals surface area contributed by atoms with E-state index in [0.717, 1.165) is 51.4 Å². The Balaban J connectivity index is 4.17. The van der Waals surface area contributed by atoms with Gasteiger partial charge in [0.1, 0.15) is 13.2 Å². The zero-order valence-corrected chi connectivity index (χ0v) is 52.6. The Bertz CT molecular complexity index is 1440. The predicted octanol–water partition coefficient (Wildman–Crippen LogP) is 20.2. The third kappa shape index (κ3) is 61.7. The molecule has 2 N–H and O–H groups in total. The minimum Gasteiger partial charge on any atom is -0.756 e. The summed E-state index contributed by atoms with van der Waals surface area (Å²) in [6.45, 7) is 4.64. The smallest absolute Gasteiger partial charge is 0.268 e. The van der Waals surface area contributed by atoms with Gasteiger partial charge in [-0.2, -0.15) is 0 Å². The van der Waals surface area contributed by atoms with Crippen molar-refractivity contribution in [1.29, 1.82) is 0 Å². The van der Waals surface area contributed by atoms with E-state index >= 15 is 0 Å². The van der Waals surface area contributed by atoms with Gasteiger partial charge in [0.15, 0.2) is 0 Å². The van der Waals surface area contributed by atoms with Crippen molar-refractivity contribution >= 4 is 13.7 Å². The first-order valence-electron chi connectivity index (χ1n) is 33.2. The number of phosphoric ester groups is 1. The molecule has 3 atom stereocenters. The van der Waals surface area contributed by atoms with Crippen LogP contribution in [0.4, 0.5) is 0 Å². The van der Waals surface area contributed by atoms with Crippen molar-refractivity contribution in [2.75, 3.05) is 40.9 Å². The summed E-state index contributed by atoms with van der Waals surface area (Å²) in [5, 5.41) is 13.9. The lowest BCUT2D eigenvalue weighted by atomic mass is 10.0. The van der Waals surface area contributed by atoms with Crippen LogP contribution in [0.3, 0.4) is 0 Å². The zero-order valence-electron chi connectivity index (χ0n) is 51.7. The van der Waals surface area contributed by atoms with E-state index < -0.39 is 26.6 Å². The van der Waals surface area contributed by atoms with Crippen LogP contribution >= 0.6 is 7.82 Å². The Morgan fingerprint density at radius 3 is 1.13 bits per heavy atom. The number of nitrogens with zero attached hydrogens (tertiary/aromatic N) is 1. The number of allylic oxidation sites excluding steroid dienone is 9. The fourth-order valence-electron chi connectivity index (χ4n) is 9.75. The van der Waals surface area contributed by atoms with E-state index in [1.54, 1.807) is 6.08 Å². The van der Waals surface area contributed by atoms with Gasteiger partial charge < -0.3 is 28.8 Å². The van der Waals surface area contributed by atoms with Crippen LogP contribution in [0, 0.1) is 0 Å². The van der Waals surface area contributed by atoms with Crippen LogP contribution in [-0.4, -0.2) is 68.5 Å². The molecule has 8 nitrogen and oxygen atoms in total. The molecular formula is C68H129N2O6P. The maximum Gasteiger partial charge on any atom is 0.268 e. The van der Waals surface area contributed by atoms with Gasteiger partial charge in [-0.15, -0.1) is 0 Å². The second-order valence-corrected chi connectivity index (χ2v) is 25.2. The standard InChI is InChI=1S/C68H129N2O6P/c1-6-8-10-12-14-16-18-20-22-24-26-28-30-31-32-33-34-35-36-37-38-40-41-43-45-47-49-51-53-55-57-59-61-67(71)66(65-76-77(73,74)75-64-63-70(3,4)5)69-68(72)62-60-58-56-54-52-50-48-46-44-42-39-29-27-25-23-21-19-17-15-13-11-9-7-2/h19,21,25,27,43,45,51,53,59,61,66-67,71H,6-18,20,22-24,26,28-42,44,46-50,52,54-58,60,62-65H2,1-5H3,(H-,69,72,73,74)/b21-19-,27-25-,45-43+,53-51+,61-59+. The number of likely N-dealkylation sites (N-methyl/N-ethyl adjacent to an activating group) is 1. The highest BCUT2D eigenvalue weighted by molar-refractivity contribution is 7.45. The van der Waals surface area contributed by atoms with E-state index in [2.05, 4.69) is 67.8 Å². The summed E-state index contributed by atoms with van der Waals surface area (Å²) >= 11 is 0. The number of hydrogen-bond donors (Lipinski definition) is 2. The molecular weight excluding hydrogens is 972 g/mol. The van der Waals surface area contributed by atoms with E-state index in [-0.39, 0.29) is 12.5 Å². The van der Waals surface area contributed by atoms with Gasteiger partial charge in [-0.3, -0.25) is 9.36 Å². The Morgan fingerprint density at radius 2 is 0.766 bits per heavy atom. The van der Waals surface area contributed by atoms with Gasteiger partial charge >= 0.3 is 0 Å². The van der Waals surface area contributed by atoms with E-state index in [0.29, 0.717) is 17.4 Å².